The molecule has 0 heterocycles. The zero-order valence-electron chi connectivity index (χ0n) is 16.2. The molecular weight excluding hydrogens is 375 g/mol. The fourth-order valence-corrected chi connectivity index (χ4v) is 5.75. The Balaban J connectivity index is 1.93. The molecule has 0 aromatic heterocycles. The van der Waals surface area contributed by atoms with E-state index < -0.39 is 7.92 Å². The van der Waals surface area contributed by atoms with Gasteiger partial charge < -0.3 is 4.74 Å². The first kappa shape index (κ1) is 19.1. The predicted octanol–water partition coefficient (Wildman–Crippen LogP) is 4.90. The molecular formula is C26H21O2P. The lowest BCUT2D eigenvalue weighted by atomic mass is 10.0. The highest BCUT2D eigenvalue weighted by Gasteiger charge is 2.19. The van der Waals surface area contributed by atoms with Gasteiger partial charge in [-0.15, -0.1) is 0 Å². The molecule has 0 spiro atoms. The Bertz CT molecular complexity index is 1050. The van der Waals surface area contributed by atoms with Gasteiger partial charge in [0, 0.05) is 0 Å². The quantitative estimate of drug-likeness (QED) is 0.354. The number of rotatable bonds is 5. The molecule has 0 amide bonds. The molecule has 0 atom stereocenters. The monoisotopic (exact) mass is 396 g/mol. The van der Waals surface area contributed by atoms with Crippen LogP contribution in [0.1, 0.15) is 10.4 Å². The largest absolute Gasteiger partial charge is 0.465 e. The third-order valence-electron chi connectivity index (χ3n) is 4.73. The van der Waals surface area contributed by atoms with Crippen LogP contribution in [0.2, 0.25) is 0 Å². The molecule has 29 heavy (non-hydrogen) atoms. The van der Waals surface area contributed by atoms with Crippen molar-refractivity contribution in [2.75, 3.05) is 7.11 Å². The van der Waals surface area contributed by atoms with E-state index in [9.17, 15) is 4.79 Å². The van der Waals surface area contributed by atoms with Crippen molar-refractivity contribution in [3.8, 4) is 11.1 Å². The second-order valence-electron chi connectivity index (χ2n) is 6.63. The average Bonchev–Trinajstić information content (AvgIpc) is 2.80. The zero-order chi connectivity index (χ0) is 20.1. The van der Waals surface area contributed by atoms with Gasteiger partial charge in [-0.1, -0.05) is 91.0 Å². The second kappa shape index (κ2) is 8.86. The summed E-state index contributed by atoms with van der Waals surface area (Å²) in [6.07, 6.45) is 0. The van der Waals surface area contributed by atoms with Gasteiger partial charge in [0.25, 0.3) is 0 Å². The second-order valence-corrected chi connectivity index (χ2v) is 8.85. The first-order valence-corrected chi connectivity index (χ1v) is 10.8. The molecule has 0 N–H and O–H groups in total. The normalized spacial score (nSPS) is 10.7. The van der Waals surface area contributed by atoms with Crippen LogP contribution >= 0.6 is 7.92 Å². The van der Waals surface area contributed by atoms with E-state index in [4.69, 9.17) is 4.74 Å². The SMILES string of the molecule is COC(=O)c1cc(-c2ccccc2)cc(P(c2ccccc2)c2ccccc2)c1. The smallest absolute Gasteiger partial charge is 0.337 e. The van der Waals surface area contributed by atoms with Crippen molar-refractivity contribution in [3.63, 3.8) is 0 Å². The number of benzene rings is 4. The third kappa shape index (κ3) is 4.29. The van der Waals surface area contributed by atoms with Crippen LogP contribution in [0.4, 0.5) is 0 Å². The first-order chi connectivity index (χ1) is 14.3. The van der Waals surface area contributed by atoms with Crippen molar-refractivity contribution in [2.24, 2.45) is 0 Å². The molecule has 0 aliphatic heterocycles. The summed E-state index contributed by atoms with van der Waals surface area (Å²) in [7, 11) is 0.619. The average molecular weight is 396 g/mol. The molecule has 2 nitrogen and oxygen atoms in total. The predicted molar refractivity (Wildman–Crippen MR) is 122 cm³/mol. The van der Waals surface area contributed by atoms with E-state index in [2.05, 4.69) is 66.7 Å². The maximum atomic E-state index is 12.4. The Hall–Kier alpha value is -3.22. The van der Waals surface area contributed by atoms with Crippen molar-refractivity contribution in [2.45, 2.75) is 0 Å². The summed E-state index contributed by atoms with van der Waals surface area (Å²) < 4.78 is 5.04. The van der Waals surface area contributed by atoms with Gasteiger partial charge >= 0.3 is 5.97 Å². The lowest BCUT2D eigenvalue weighted by Crippen LogP contribution is -2.21. The van der Waals surface area contributed by atoms with Crippen molar-refractivity contribution >= 4 is 29.8 Å². The van der Waals surface area contributed by atoms with E-state index in [1.165, 1.54) is 17.7 Å². The van der Waals surface area contributed by atoms with Gasteiger partial charge in [-0.05, 0) is 53.2 Å². The lowest BCUT2D eigenvalue weighted by Gasteiger charge is -2.21. The van der Waals surface area contributed by atoms with Crippen molar-refractivity contribution in [1.82, 2.24) is 0 Å². The molecule has 4 aromatic carbocycles. The molecule has 0 saturated carbocycles. The maximum Gasteiger partial charge on any atom is 0.337 e. The summed E-state index contributed by atoms with van der Waals surface area (Å²) in [6.45, 7) is 0. The Morgan fingerprint density at radius 1 is 0.621 bits per heavy atom. The number of carbonyl (C=O) groups excluding carboxylic acids is 1. The van der Waals surface area contributed by atoms with Crippen LogP contribution in [-0.4, -0.2) is 13.1 Å². The fraction of sp³-hybridized carbons (Fsp3) is 0.0385. The zero-order valence-corrected chi connectivity index (χ0v) is 17.1. The standard InChI is InChI=1S/C26H21O2P/c1-28-26(27)22-17-21(20-11-5-2-6-12-20)18-25(19-22)29(23-13-7-3-8-14-23)24-15-9-4-10-16-24/h2-19H,1H3. The minimum absolute atomic E-state index is 0.319. The van der Waals surface area contributed by atoms with E-state index in [0.717, 1.165) is 16.4 Å². The molecule has 0 saturated heterocycles. The molecule has 0 radical (unpaired) electrons. The minimum Gasteiger partial charge on any atom is -0.465 e. The van der Waals surface area contributed by atoms with Crippen molar-refractivity contribution in [3.05, 3.63) is 115 Å². The molecule has 3 heteroatoms. The Labute approximate surface area is 172 Å². The Morgan fingerprint density at radius 3 is 1.66 bits per heavy atom. The Morgan fingerprint density at radius 2 is 1.14 bits per heavy atom. The van der Waals surface area contributed by atoms with Crippen LogP contribution in [0.15, 0.2) is 109 Å². The van der Waals surface area contributed by atoms with Crippen molar-refractivity contribution < 1.29 is 9.53 Å². The highest BCUT2D eigenvalue weighted by atomic mass is 31.1. The fourth-order valence-electron chi connectivity index (χ4n) is 3.37. The number of hydrogen-bond donors (Lipinski definition) is 0. The van der Waals surface area contributed by atoms with Crippen LogP contribution < -0.4 is 15.9 Å². The van der Waals surface area contributed by atoms with Gasteiger partial charge in [0.05, 0.1) is 12.7 Å². The summed E-state index contributed by atoms with van der Waals surface area (Å²) >= 11 is 0. The van der Waals surface area contributed by atoms with E-state index in [1.54, 1.807) is 0 Å². The lowest BCUT2D eigenvalue weighted by molar-refractivity contribution is 0.0601. The number of hydrogen-bond acceptors (Lipinski definition) is 2. The van der Waals surface area contributed by atoms with Gasteiger partial charge in [-0.25, -0.2) is 4.79 Å². The molecule has 142 valence electrons. The van der Waals surface area contributed by atoms with E-state index in [0.29, 0.717) is 5.56 Å². The van der Waals surface area contributed by atoms with Crippen LogP contribution in [0.3, 0.4) is 0 Å². The van der Waals surface area contributed by atoms with Crippen LogP contribution in [0.25, 0.3) is 11.1 Å². The summed E-state index contributed by atoms with van der Waals surface area (Å²) in [6, 6.07) is 37.2. The van der Waals surface area contributed by atoms with E-state index in [1.807, 2.05) is 42.5 Å². The van der Waals surface area contributed by atoms with Gasteiger partial charge in [0.1, 0.15) is 0 Å². The third-order valence-corrected chi connectivity index (χ3v) is 7.14. The maximum absolute atomic E-state index is 12.4. The summed E-state index contributed by atoms with van der Waals surface area (Å²) in [5.41, 5.74) is 2.67. The van der Waals surface area contributed by atoms with Crippen LogP contribution in [0.5, 0.6) is 0 Å². The van der Waals surface area contributed by atoms with Gasteiger partial charge in [-0.2, -0.15) is 0 Å². The molecule has 0 bridgehead atoms. The van der Waals surface area contributed by atoms with E-state index in [-0.39, 0.29) is 5.97 Å². The number of esters is 1. The summed E-state index contributed by atoms with van der Waals surface area (Å²) in [4.78, 5) is 12.4. The Kier molecular flexibility index (Phi) is 5.84. The molecule has 0 aliphatic rings. The van der Waals surface area contributed by atoms with Crippen molar-refractivity contribution in [1.29, 1.82) is 0 Å². The molecule has 4 aromatic rings. The highest BCUT2D eigenvalue weighted by Crippen LogP contribution is 2.35. The molecule has 0 aliphatic carbocycles. The summed E-state index contributed by atoms with van der Waals surface area (Å²) in [5, 5.41) is 3.61. The van der Waals surface area contributed by atoms with Crippen LogP contribution in [0, 0.1) is 0 Å². The van der Waals surface area contributed by atoms with Gasteiger partial charge in [0.2, 0.25) is 0 Å². The van der Waals surface area contributed by atoms with E-state index >= 15 is 0 Å². The summed E-state index contributed by atoms with van der Waals surface area (Å²) in [5.74, 6) is -0.319. The topological polar surface area (TPSA) is 26.3 Å². The van der Waals surface area contributed by atoms with Gasteiger partial charge in [0.15, 0.2) is 0 Å². The number of methoxy groups -OCH3 is 1. The molecule has 0 unspecified atom stereocenters. The molecule has 4 rings (SSSR count). The van der Waals surface area contributed by atoms with Crippen LogP contribution in [-0.2, 0) is 4.74 Å². The number of carbonyl (C=O) groups is 1. The molecule has 0 fully saturated rings. The van der Waals surface area contributed by atoms with Gasteiger partial charge in [-0.3, -0.25) is 0 Å². The number of ether oxygens (including phenoxy) is 1. The minimum atomic E-state index is -0.806. The highest BCUT2D eigenvalue weighted by molar-refractivity contribution is 7.79. The first-order valence-electron chi connectivity index (χ1n) is 9.45.